The van der Waals surface area contributed by atoms with Gasteiger partial charge in [-0.3, -0.25) is 4.90 Å². The van der Waals surface area contributed by atoms with Crippen LogP contribution in [0, 0.1) is 11.3 Å². The van der Waals surface area contributed by atoms with Gasteiger partial charge in [-0.2, -0.15) is 21.6 Å². The van der Waals surface area contributed by atoms with Crippen LogP contribution in [0.3, 0.4) is 0 Å². The molecule has 1 aliphatic carbocycles. The first kappa shape index (κ1) is 32.5. The summed E-state index contributed by atoms with van der Waals surface area (Å²) >= 11 is 0. The molecule has 3 heterocycles. The maximum atomic E-state index is 13.7. The first-order valence-electron chi connectivity index (χ1n) is 15.0. The lowest BCUT2D eigenvalue weighted by molar-refractivity contribution is -0.0990. The fourth-order valence-electron chi connectivity index (χ4n) is 7.87. The summed E-state index contributed by atoms with van der Waals surface area (Å²) in [5.41, 5.74) is -7.06. The Bertz CT molecular complexity index is 1140. The van der Waals surface area contributed by atoms with Crippen LogP contribution in [0.15, 0.2) is 49.3 Å². The summed E-state index contributed by atoms with van der Waals surface area (Å²) in [7, 11) is -8.14. The average molecular weight is 617 g/mol. The molecule has 5 atom stereocenters. The van der Waals surface area contributed by atoms with Gasteiger partial charge in [-0.1, -0.05) is 24.3 Å². The van der Waals surface area contributed by atoms with E-state index in [1.54, 1.807) is 12.2 Å². The quantitative estimate of drug-likeness (QED) is 0.0794. The van der Waals surface area contributed by atoms with E-state index in [0.717, 1.165) is 51.6 Å². The van der Waals surface area contributed by atoms with Crippen molar-refractivity contribution >= 4 is 18.4 Å². The van der Waals surface area contributed by atoms with Gasteiger partial charge < -0.3 is 13.5 Å². The van der Waals surface area contributed by atoms with Crippen molar-refractivity contribution in [1.29, 1.82) is 0 Å². The van der Waals surface area contributed by atoms with Gasteiger partial charge in [0.2, 0.25) is 0 Å². The minimum absolute atomic E-state index is 0.0890. The van der Waals surface area contributed by atoms with Gasteiger partial charge in [-0.05, 0) is 103 Å². The van der Waals surface area contributed by atoms with E-state index in [1.165, 1.54) is 0 Å². The third-order valence-electron chi connectivity index (χ3n) is 9.03. The van der Waals surface area contributed by atoms with E-state index in [2.05, 4.69) is 54.8 Å². The van der Waals surface area contributed by atoms with Crippen LogP contribution in [0.25, 0.3) is 0 Å². The number of hydrogen-bond donors (Lipinski definition) is 0. The second kappa shape index (κ2) is 12.3. The lowest BCUT2D eigenvalue weighted by atomic mass is 9.57. The zero-order valence-corrected chi connectivity index (χ0v) is 26.6. The zero-order chi connectivity index (χ0) is 30.1. The van der Waals surface area contributed by atoms with E-state index in [-0.39, 0.29) is 17.8 Å². The Morgan fingerprint density at radius 3 is 2.54 bits per heavy atom. The molecule has 0 unspecified atom stereocenters. The molecule has 1 spiro atoms. The normalized spacial score (nSPS) is 32.8. The van der Waals surface area contributed by atoms with Crippen LogP contribution in [-0.4, -0.2) is 75.9 Å². The highest BCUT2D eigenvalue weighted by atomic mass is 32.2. The minimum Gasteiger partial charge on any atom is -0.407 e. The van der Waals surface area contributed by atoms with Crippen LogP contribution in [-0.2, 0) is 18.7 Å². The molecular weight excluding hydrogens is 569 g/mol. The topological polar surface area (TPSA) is 59.1 Å². The first-order valence-corrected chi connectivity index (χ1v) is 19.8. The molecule has 0 aromatic heterocycles. The van der Waals surface area contributed by atoms with Gasteiger partial charge in [0.15, 0.2) is 8.32 Å². The number of likely N-dealkylation sites (tertiary alicyclic amines) is 1. The maximum Gasteiger partial charge on any atom is 0.534 e. The Morgan fingerprint density at radius 1 is 1.15 bits per heavy atom. The van der Waals surface area contributed by atoms with Gasteiger partial charge in [-0.25, -0.2) is 0 Å². The Labute approximate surface area is 245 Å². The molecule has 0 aromatic rings. The molecule has 0 radical (unpaired) electrons. The van der Waals surface area contributed by atoms with Gasteiger partial charge in [0.05, 0.1) is 5.60 Å². The van der Waals surface area contributed by atoms with Crippen molar-refractivity contribution < 1.29 is 30.2 Å². The molecule has 0 aromatic carbocycles. The lowest BCUT2D eigenvalue weighted by Gasteiger charge is -2.59. The predicted molar refractivity (Wildman–Crippen MR) is 159 cm³/mol. The predicted octanol–water partition coefficient (Wildman–Crippen LogP) is 6.76. The number of piperidine rings is 1. The molecule has 6 nitrogen and oxygen atoms in total. The summed E-state index contributed by atoms with van der Waals surface area (Å²) in [6.45, 7) is 17.0. The van der Waals surface area contributed by atoms with Crippen molar-refractivity contribution in [3.63, 3.8) is 0 Å². The van der Waals surface area contributed by atoms with E-state index in [9.17, 15) is 21.6 Å². The van der Waals surface area contributed by atoms with Crippen LogP contribution in [0.4, 0.5) is 13.2 Å². The summed E-state index contributed by atoms with van der Waals surface area (Å²) in [4.78, 5) is 4.95. The van der Waals surface area contributed by atoms with Gasteiger partial charge in [0.25, 0.3) is 0 Å². The molecule has 2 saturated heterocycles. The molecule has 0 bridgehead atoms. The lowest BCUT2D eigenvalue weighted by Crippen LogP contribution is -2.68. The fourth-order valence-corrected chi connectivity index (χ4v) is 9.80. The number of halogens is 3. The van der Waals surface area contributed by atoms with Crippen molar-refractivity contribution in [2.45, 2.75) is 101 Å². The molecule has 0 N–H and O–H groups in total. The molecule has 41 heavy (non-hydrogen) atoms. The van der Waals surface area contributed by atoms with E-state index in [0.29, 0.717) is 32.4 Å². The van der Waals surface area contributed by atoms with Crippen molar-refractivity contribution in [2.75, 3.05) is 26.2 Å². The molecule has 0 amide bonds. The standard InChI is InChI=1S/C30H47F3N2O4SSi/c1-6-8-10-13-18-34-20-16-25-26(38-40(36,37)30(31,32)33)22-29(17-9-7-2,39-41(3,4)5)27-28(25,23-34)21-24-15-12-11-14-19-35(24)27/h6-7,12,15,22,24-25,27H,1-2,8-11,13-14,16-21,23H2,3-5H3/t24-,25-,27+,28-,29-/m0/s1. The van der Waals surface area contributed by atoms with E-state index in [4.69, 9.17) is 8.61 Å². The van der Waals surface area contributed by atoms with Crippen molar-refractivity contribution in [2.24, 2.45) is 11.3 Å². The number of alkyl halides is 3. The van der Waals surface area contributed by atoms with Crippen molar-refractivity contribution in [3.05, 3.63) is 49.3 Å². The SMILES string of the molecule is C=CCCCCN1CC[C@H]2C(OS(=O)(=O)C(F)(F)F)=C[C@](CCC=C)(O[Si](C)(C)C)[C@@H]3N4CCCC=C[C@H]4C[C@@]32C1. The van der Waals surface area contributed by atoms with E-state index < -0.39 is 40.9 Å². The van der Waals surface area contributed by atoms with Gasteiger partial charge in [0, 0.05) is 30.0 Å². The number of hydrogen-bond acceptors (Lipinski definition) is 6. The number of fused-ring (bicyclic) bond motifs is 2. The molecule has 3 aliphatic heterocycles. The summed E-state index contributed by atoms with van der Waals surface area (Å²) in [6.07, 6.45) is 17.1. The summed E-state index contributed by atoms with van der Waals surface area (Å²) < 4.78 is 78.2. The van der Waals surface area contributed by atoms with Crippen LogP contribution in [0.5, 0.6) is 0 Å². The molecule has 0 saturated carbocycles. The number of rotatable bonds is 12. The number of unbranched alkanes of at least 4 members (excludes halogenated alkanes) is 2. The Hall–Kier alpha value is -1.40. The third-order valence-corrected chi connectivity index (χ3v) is 11.0. The smallest absolute Gasteiger partial charge is 0.407 e. The van der Waals surface area contributed by atoms with Gasteiger partial charge in [0.1, 0.15) is 5.76 Å². The summed E-state index contributed by atoms with van der Waals surface area (Å²) in [5.74, 6) is -0.551. The van der Waals surface area contributed by atoms with Gasteiger partial charge in [-0.15, -0.1) is 13.2 Å². The van der Waals surface area contributed by atoms with Crippen molar-refractivity contribution in [3.8, 4) is 0 Å². The number of allylic oxidation sites excluding steroid dienone is 4. The Balaban J connectivity index is 1.89. The average Bonchev–Trinajstić information content (AvgIpc) is 3.00. The van der Waals surface area contributed by atoms with E-state index >= 15 is 0 Å². The highest BCUT2D eigenvalue weighted by Crippen LogP contribution is 2.61. The third kappa shape index (κ3) is 6.74. The van der Waals surface area contributed by atoms with E-state index in [1.807, 2.05) is 6.08 Å². The maximum absolute atomic E-state index is 13.7. The highest BCUT2D eigenvalue weighted by Gasteiger charge is 2.68. The first-order chi connectivity index (χ1) is 19.2. The second-order valence-corrected chi connectivity index (χ2v) is 19.1. The Morgan fingerprint density at radius 2 is 1.88 bits per heavy atom. The van der Waals surface area contributed by atoms with Crippen LogP contribution in [0.1, 0.15) is 57.8 Å². The molecule has 4 aliphatic rings. The minimum atomic E-state index is -5.84. The monoisotopic (exact) mass is 616 g/mol. The van der Waals surface area contributed by atoms with Crippen LogP contribution in [0.2, 0.25) is 19.6 Å². The van der Waals surface area contributed by atoms with Crippen molar-refractivity contribution in [1.82, 2.24) is 9.80 Å². The summed E-state index contributed by atoms with van der Waals surface area (Å²) in [6, 6.07) is -0.0256. The largest absolute Gasteiger partial charge is 0.534 e. The molecule has 232 valence electrons. The van der Waals surface area contributed by atoms with Crippen LogP contribution < -0.4 is 0 Å². The molecule has 2 fully saturated rings. The fraction of sp³-hybridized carbons (Fsp3) is 0.733. The molecule has 11 heteroatoms. The second-order valence-electron chi connectivity index (χ2n) is 13.1. The Kier molecular flexibility index (Phi) is 9.75. The number of nitrogens with zero attached hydrogens (tertiary/aromatic N) is 2. The molecular formula is C30H47F3N2O4SSi. The highest BCUT2D eigenvalue weighted by molar-refractivity contribution is 7.87. The van der Waals surface area contributed by atoms with Gasteiger partial charge >= 0.3 is 15.6 Å². The van der Waals surface area contributed by atoms with Crippen LogP contribution >= 0.6 is 0 Å². The molecule has 4 rings (SSSR count). The summed E-state index contributed by atoms with van der Waals surface area (Å²) in [5, 5.41) is 0. The zero-order valence-electron chi connectivity index (χ0n) is 24.8.